The molecule has 2 aromatic carbocycles. The van der Waals surface area contributed by atoms with Gasteiger partial charge in [0.15, 0.2) is 0 Å². The van der Waals surface area contributed by atoms with Crippen LogP contribution in [0.5, 0.6) is 0 Å². The Hall–Kier alpha value is -1.35. The summed E-state index contributed by atoms with van der Waals surface area (Å²) in [5.74, 6) is -0.800. The lowest BCUT2D eigenvalue weighted by Gasteiger charge is -2.09. The molecule has 82 valence electrons. The van der Waals surface area contributed by atoms with Gasteiger partial charge in [0.05, 0.1) is 6.42 Å². The van der Waals surface area contributed by atoms with Gasteiger partial charge in [0.2, 0.25) is 0 Å². The lowest BCUT2D eigenvalue weighted by molar-refractivity contribution is -0.136. The number of halogens is 1. The molecule has 3 heteroatoms. The first-order valence-electron chi connectivity index (χ1n) is 4.98. The van der Waals surface area contributed by atoms with Crippen molar-refractivity contribution >= 4 is 32.7 Å². The number of fused-ring (bicyclic) bond motifs is 1. The summed E-state index contributed by atoms with van der Waals surface area (Å²) in [6.45, 7) is 1.94. The zero-order chi connectivity index (χ0) is 11.7. The first-order valence-corrected chi connectivity index (χ1v) is 5.77. The molecule has 2 rings (SSSR count). The Bertz CT molecular complexity index is 561. The van der Waals surface area contributed by atoms with Gasteiger partial charge in [0, 0.05) is 4.47 Å². The molecule has 16 heavy (non-hydrogen) atoms. The highest BCUT2D eigenvalue weighted by molar-refractivity contribution is 9.10. The van der Waals surface area contributed by atoms with E-state index in [1.54, 1.807) is 0 Å². The number of hydrogen-bond donors (Lipinski definition) is 1. The van der Waals surface area contributed by atoms with Crippen molar-refractivity contribution in [3.05, 3.63) is 45.9 Å². The van der Waals surface area contributed by atoms with Gasteiger partial charge >= 0.3 is 5.97 Å². The van der Waals surface area contributed by atoms with Crippen LogP contribution in [-0.4, -0.2) is 11.1 Å². The predicted octanol–water partition coefficient (Wildman–Crippen LogP) is 3.54. The molecule has 0 aromatic heterocycles. The van der Waals surface area contributed by atoms with Crippen LogP contribution in [0, 0.1) is 6.92 Å². The third kappa shape index (κ3) is 1.95. The van der Waals surface area contributed by atoms with Gasteiger partial charge in [-0.2, -0.15) is 0 Å². The predicted molar refractivity (Wildman–Crippen MR) is 67.7 cm³/mol. The van der Waals surface area contributed by atoms with E-state index in [9.17, 15) is 4.79 Å². The van der Waals surface area contributed by atoms with Crippen molar-refractivity contribution < 1.29 is 9.90 Å². The third-order valence-electron chi connectivity index (χ3n) is 2.66. The summed E-state index contributed by atoms with van der Waals surface area (Å²) in [4.78, 5) is 10.9. The Balaban J connectivity index is 2.77. The number of carboxylic acids is 1. The molecule has 0 atom stereocenters. The van der Waals surface area contributed by atoms with Crippen molar-refractivity contribution in [1.82, 2.24) is 0 Å². The van der Waals surface area contributed by atoms with Crippen molar-refractivity contribution in [3.8, 4) is 0 Å². The van der Waals surface area contributed by atoms with E-state index in [-0.39, 0.29) is 6.42 Å². The van der Waals surface area contributed by atoms with E-state index in [0.717, 1.165) is 26.4 Å². The van der Waals surface area contributed by atoms with E-state index in [1.165, 1.54) is 0 Å². The average Bonchev–Trinajstić information content (AvgIpc) is 2.22. The van der Waals surface area contributed by atoms with E-state index in [2.05, 4.69) is 15.9 Å². The Labute approximate surface area is 102 Å². The standard InChI is InChI=1S/C13H11BrO2/c1-8-5-6-9-3-2-4-11(14)13(9)10(8)7-12(15)16/h2-6H,7H2,1H3,(H,15,16). The molecule has 2 aromatic rings. The molecule has 0 fully saturated rings. The van der Waals surface area contributed by atoms with Crippen LogP contribution in [-0.2, 0) is 11.2 Å². The summed E-state index contributed by atoms with van der Waals surface area (Å²) in [7, 11) is 0. The summed E-state index contributed by atoms with van der Waals surface area (Å²) in [6.07, 6.45) is 0.0613. The normalized spacial score (nSPS) is 10.6. The summed E-state index contributed by atoms with van der Waals surface area (Å²) >= 11 is 3.48. The zero-order valence-corrected chi connectivity index (χ0v) is 10.4. The van der Waals surface area contributed by atoms with Crippen LogP contribution in [0.15, 0.2) is 34.8 Å². The molecule has 0 heterocycles. The number of carbonyl (C=O) groups is 1. The molecule has 0 aliphatic rings. The van der Waals surface area contributed by atoms with Crippen molar-refractivity contribution in [2.75, 3.05) is 0 Å². The molecule has 0 unspecified atom stereocenters. The fraction of sp³-hybridized carbons (Fsp3) is 0.154. The van der Waals surface area contributed by atoms with Gasteiger partial charge in [-0.1, -0.05) is 40.2 Å². The smallest absolute Gasteiger partial charge is 0.307 e. The van der Waals surface area contributed by atoms with Gasteiger partial charge < -0.3 is 5.11 Å². The minimum atomic E-state index is -0.800. The third-order valence-corrected chi connectivity index (χ3v) is 3.33. The molecule has 0 saturated heterocycles. The second-order valence-electron chi connectivity index (χ2n) is 3.77. The lowest BCUT2D eigenvalue weighted by Crippen LogP contribution is -2.03. The minimum Gasteiger partial charge on any atom is -0.481 e. The van der Waals surface area contributed by atoms with Gasteiger partial charge in [0.1, 0.15) is 0 Å². The van der Waals surface area contributed by atoms with Crippen LogP contribution in [0.3, 0.4) is 0 Å². The van der Waals surface area contributed by atoms with Crippen LogP contribution in [0.2, 0.25) is 0 Å². The molecule has 0 saturated carbocycles. The maximum atomic E-state index is 10.9. The van der Waals surface area contributed by atoms with Gasteiger partial charge in [-0.3, -0.25) is 4.79 Å². The largest absolute Gasteiger partial charge is 0.481 e. The number of benzene rings is 2. The Morgan fingerprint density at radius 3 is 2.75 bits per heavy atom. The number of carboxylic acid groups (broad SMARTS) is 1. The average molecular weight is 279 g/mol. The lowest BCUT2D eigenvalue weighted by atomic mass is 9.97. The highest BCUT2D eigenvalue weighted by Crippen LogP contribution is 2.29. The van der Waals surface area contributed by atoms with Crippen molar-refractivity contribution in [2.45, 2.75) is 13.3 Å². The fourth-order valence-corrected chi connectivity index (χ4v) is 2.51. The molecular formula is C13H11BrO2. The first-order chi connectivity index (χ1) is 7.59. The van der Waals surface area contributed by atoms with Crippen LogP contribution in [0.1, 0.15) is 11.1 Å². The highest BCUT2D eigenvalue weighted by Gasteiger charge is 2.10. The molecule has 0 aliphatic carbocycles. The summed E-state index contributed by atoms with van der Waals surface area (Å²) < 4.78 is 0.949. The first kappa shape index (κ1) is 11.1. The van der Waals surface area contributed by atoms with E-state index in [4.69, 9.17) is 5.11 Å². The van der Waals surface area contributed by atoms with E-state index in [1.807, 2.05) is 37.3 Å². The van der Waals surface area contributed by atoms with E-state index >= 15 is 0 Å². The monoisotopic (exact) mass is 278 g/mol. The van der Waals surface area contributed by atoms with Gasteiger partial charge in [0.25, 0.3) is 0 Å². The Morgan fingerprint density at radius 1 is 1.31 bits per heavy atom. The van der Waals surface area contributed by atoms with Crippen LogP contribution in [0.25, 0.3) is 10.8 Å². The SMILES string of the molecule is Cc1ccc2cccc(Br)c2c1CC(=O)O. The number of aliphatic carboxylic acids is 1. The van der Waals surface area contributed by atoms with Gasteiger partial charge in [-0.05, 0) is 34.9 Å². The quantitative estimate of drug-likeness (QED) is 0.913. The molecule has 2 nitrogen and oxygen atoms in total. The van der Waals surface area contributed by atoms with Crippen molar-refractivity contribution in [2.24, 2.45) is 0 Å². The Kier molecular flexibility index (Phi) is 2.97. The van der Waals surface area contributed by atoms with E-state index in [0.29, 0.717) is 0 Å². The molecule has 0 amide bonds. The molecule has 0 aliphatic heterocycles. The molecule has 0 spiro atoms. The van der Waals surface area contributed by atoms with E-state index < -0.39 is 5.97 Å². The maximum Gasteiger partial charge on any atom is 0.307 e. The van der Waals surface area contributed by atoms with Gasteiger partial charge in [-0.25, -0.2) is 0 Å². The van der Waals surface area contributed by atoms with Gasteiger partial charge in [-0.15, -0.1) is 0 Å². The number of aryl methyl sites for hydroxylation is 1. The second-order valence-corrected chi connectivity index (χ2v) is 4.62. The summed E-state index contributed by atoms with van der Waals surface area (Å²) in [5.41, 5.74) is 1.90. The molecular weight excluding hydrogens is 268 g/mol. The molecule has 0 radical (unpaired) electrons. The zero-order valence-electron chi connectivity index (χ0n) is 8.83. The van der Waals surface area contributed by atoms with Crippen LogP contribution >= 0.6 is 15.9 Å². The van der Waals surface area contributed by atoms with Crippen molar-refractivity contribution in [3.63, 3.8) is 0 Å². The Morgan fingerprint density at radius 2 is 2.06 bits per heavy atom. The van der Waals surface area contributed by atoms with Crippen LogP contribution in [0.4, 0.5) is 0 Å². The molecule has 0 bridgehead atoms. The van der Waals surface area contributed by atoms with Crippen LogP contribution < -0.4 is 0 Å². The fourth-order valence-electron chi connectivity index (χ4n) is 1.89. The van der Waals surface area contributed by atoms with Crippen molar-refractivity contribution in [1.29, 1.82) is 0 Å². The molecule has 1 N–H and O–H groups in total. The maximum absolute atomic E-state index is 10.9. The number of hydrogen-bond acceptors (Lipinski definition) is 1. The second kappa shape index (κ2) is 4.26. The summed E-state index contributed by atoms with van der Waals surface area (Å²) in [5, 5.41) is 11.0. The number of rotatable bonds is 2. The topological polar surface area (TPSA) is 37.3 Å². The minimum absolute atomic E-state index is 0.0613. The summed E-state index contributed by atoms with van der Waals surface area (Å²) in [6, 6.07) is 9.86. The highest BCUT2D eigenvalue weighted by atomic mass is 79.9.